The van der Waals surface area contributed by atoms with E-state index in [9.17, 15) is 9.67 Å². The molecule has 11 heteroatoms. The molecular weight excluding hydrogens is 313 g/mol. The number of imidazole rings is 1. The van der Waals surface area contributed by atoms with Gasteiger partial charge in [-0.15, -0.1) is 0 Å². The number of anilines is 1. The smallest absolute Gasteiger partial charge is 0.390 e. The van der Waals surface area contributed by atoms with Crippen LogP contribution >= 0.6 is 7.60 Å². The van der Waals surface area contributed by atoms with Crippen molar-refractivity contribution in [3.05, 3.63) is 24.2 Å². The molecule has 0 saturated carbocycles. The number of fused-ring (bicyclic) bond motifs is 1. The maximum Gasteiger partial charge on any atom is 0.390 e. The van der Waals surface area contributed by atoms with Crippen molar-refractivity contribution in [3.63, 3.8) is 0 Å². The first-order valence-electron chi connectivity index (χ1n) is 6.33. The van der Waals surface area contributed by atoms with Crippen molar-refractivity contribution in [1.82, 2.24) is 19.5 Å². The molecule has 10 nitrogen and oxygen atoms in total. The van der Waals surface area contributed by atoms with Crippen LogP contribution in [0.4, 0.5) is 5.82 Å². The lowest BCUT2D eigenvalue weighted by molar-refractivity contribution is -0.140. The molecule has 1 aliphatic rings. The summed E-state index contributed by atoms with van der Waals surface area (Å²) < 4.78 is 17.8. The van der Waals surface area contributed by atoms with Crippen molar-refractivity contribution < 1.29 is 24.2 Å². The van der Waals surface area contributed by atoms with Crippen LogP contribution in [0, 0.1) is 0 Å². The van der Waals surface area contributed by atoms with Crippen molar-refractivity contribution in [3.8, 4) is 0 Å². The molecule has 2 aromatic rings. The first-order valence-corrected chi connectivity index (χ1v) is 7.94. The van der Waals surface area contributed by atoms with E-state index in [-0.39, 0.29) is 12.2 Å². The number of aliphatic hydroxyl groups is 1. The van der Waals surface area contributed by atoms with Crippen molar-refractivity contribution in [2.45, 2.75) is 25.2 Å². The van der Waals surface area contributed by atoms with Crippen molar-refractivity contribution >= 4 is 24.6 Å². The van der Waals surface area contributed by atoms with Crippen LogP contribution in [0.2, 0.25) is 0 Å². The van der Waals surface area contributed by atoms with E-state index < -0.39 is 24.9 Å². The Morgan fingerprint density at radius 3 is 2.82 bits per heavy atom. The highest BCUT2D eigenvalue weighted by molar-refractivity contribution is 7.56. The molecule has 22 heavy (non-hydrogen) atoms. The van der Waals surface area contributed by atoms with Gasteiger partial charge < -0.3 is 25.4 Å². The van der Waals surface area contributed by atoms with E-state index in [2.05, 4.69) is 15.0 Å². The van der Waals surface area contributed by atoms with Gasteiger partial charge in [-0.2, -0.15) is 0 Å². The number of nitrogen functional groups attached to an aromatic ring is 1. The normalized spacial score (nSPS) is 25.8. The van der Waals surface area contributed by atoms with Crippen molar-refractivity contribution in [1.29, 1.82) is 0 Å². The van der Waals surface area contributed by atoms with E-state index in [0.29, 0.717) is 11.2 Å². The maximum absolute atomic E-state index is 11.2. The van der Waals surface area contributed by atoms with Gasteiger partial charge in [0.05, 0.1) is 6.33 Å². The van der Waals surface area contributed by atoms with Crippen molar-refractivity contribution in [2.75, 3.05) is 5.73 Å². The minimum Gasteiger partial charge on any atom is -0.478 e. The summed E-state index contributed by atoms with van der Waals surface area (Å²) in [6, 6.07) is 0. The minimum absolute atomic E-state index is 0.0794. The van der Waals surface area contributed by atoms with Crippen LogP contribution in [0.3, 0.4) is 0 Å². The molecule has 2 atom stereocenters. The fourth-order valence-corrected chi connectivity index (χ4v) is 2.97. The Bertz CT molecular complexity index is 814. The quantitative estimate of drug-likeness (QED) is 0.552. The zero-order valence-corrected chi connectivity index (χ0v) is 12.4. The van der Waals surface area contributed by atoms with E-state index >= 15 is 0 Å². The first-order chi connectivity index (χ1) is 10.2. The third-order valence-electron chi connectivity index (χ3n) is 3.59. The second kappa shape index (κ2) is 4.75. The predicted molar refractivity (Wildman–Crippen MR) is 75.2 cm³/mol. The Morgan fingerprint density at radius 2 is 2.18 bits per heavy atom. The Hall–Kier alpha value is -2.00. The minimum atomic E-state index is -4.51. The summed E-state index contributed by atoms with van der Waals surface area (Å²) in [5, 5.41) is 10.9. The summed E-state index contributed by atoms with van der Waals surface area (Å²) in [7, 11) is -4.51. The molecule has 0 amide bonds. The highest BCUT2D eigenvalue weighted by Gasteiger charge is 2.44. The van der Waals surface area contributed by atoms with Gasteiger partial charge in [0.15, 0.2) is 17.2 Å². The average Bonchev–Trinajstić information content (AvgIpc) is 2.86. The summed E-state index contributed by atoms with van der Waals surface area (Å²) in [6.45, 7) is 1.50. The number of hydrogen-bond acceptors (Lipinski definition) is 7. The Labute approximate surface area is 124 Å². The highest BCUT2D eigenvalue weighted by Crippen LogP contribution is 2.50. The van der Waals surface area contributed by atoms with E-state index in [0.717, 1.165) is 6.08 Å². The fraction of sp³-hybridized carbons (Fsp3) is 0.364. The Balaban J connectivity index is 2.09. The van der Waals surface area contributed by atoms with Gasteiger partial charge in [0.1, 0.15) is 17.9 Å². The molecule has 3 heterocycles. The van der Waals surface area contributed by atoms with Crippen LogP contribution in [0.25, 0.3) is 11.2 Å². The lowest BCUT2D eigenvalue weighted by atomic mass is 10.0. The Kier molecular flexibility index (Phi) is 3.22. The fourth-order valence-electron chi connectivity index (χ4n) is 2.35. The molecule has 2 aromatic heterocycles. The molecule has 0 fully saturated rings. The molecule has 1 aliphatic heterocycles. The van der Waals surface area contributed by atoms with Crippen LogP contribution in [0.15, 0.2) is 24.2 Å². The van der Waals surface area contributed by atoms with E-state index in [1.54, 1.807) is 0 Å². The number of rotatable bonds is 2. The SMILES string of the molecule is C[C@@H]1OC(P(=O)(O)O)=CC[C@@]1(O)n1cnc2c(N)ncnc21. The zero-order chi connectivity index (χ0) is 16.1. The third-order valence-corrected chi connectivity index (χ3v) is 4.45. The third kappa shape index (κ3) is 2.17. The van der Waals surface area contributed by atoms with Crippen LogP contribution in [-0.4, -0.2) is 40.5 Å². The summed E-state index contributed by atoms with van der Waals surface area (Å²) in [6.07, 6.45) is 2.73. The number of hydrogen-bond donors (Lipinski definition) is 4. The van der Waals surface area contributed by atoms with Crippen LogP contribution in [-0.2, 0) is 15.0 Å². The van der Waals surface area contributed by atoms with Crippen LogP contribution in [0.5, 0.6) is 0 Å². The van der Waals surface area contributed by atoms with E-state index in [4.69, 9.17) is 20.3 Å². The zero-order valence-electron chi connectivity index (χ0n) is 11.5. The predicted octanol–water partition coefficient (Wildman–Crippen LogP) is -0.119. The molecule has 0 bridgehead atoms. The Morgan fingerprint density at radius 1 is 1.45 bits per heavy atom. The van der Waals surface area contributed by atoms with Gasteiger partial charge in [0.2, 0.25) is 5.50 Å². The lowest BCUT2D eigenvalue weighted by Crippen LogP contribution is -2.46. The lowest BCUT2D eigenvalue weighted by Gasteiger charge is -2.38. The molecule has 0 aromatic carbocycles. The topological polar surface area (TPSA) is 157 Å². The molecule has 0 spiro atoms. The highest BCUT2D eigenvalue weighted by atomic mass is 31.2. The molecule has 0 aliphatic carbocycles. The molecular formula is C11H14N5O5P. The van der Waals surface area contributed by atoms with Crippen LogP contribution < -0.4 is 5.73 Å². The summed E-state index contributed by atoms with van der Waals surface area (Å²) in [4.78, 5) is 30.2. The number of ether oxygens (including phenoxy) is 1. The number of aromatic nitrogens is 4. The monoisotopic (exact) mass is 327 g/mol. The van der Waals surface area contributed by atoms with Crippen molar-refractivity contribution in [2.24, 2.45) is 0 Å². The van der Waals surface area contributed by atoms with Crippen LogP contribution in [0.1, 0.15) is 13.3 Å². The summed E-state index contributed by atoms with van der Waals surface area (Å²) in [5.74, 6) is 0.170. The standard InChI is InChI=1S/C11H14N5O5P/c1-6-11(17,3-2-7(21-6)22(18,19)20)16-5-15-8-9(12)13-4-14-10(8)16/h2,4-6,17H,3H2,1H3,(H2,12,13,14)(H2,18,19,20)/t6-,11-/m0/s1. The molecule has 0 saturated heterocycles. The first kappa shape index (κ1) is 14.9. The van der Waals surface area contributed by atoms with Gasteiger partial charge in [0, 0.05) is 6.42 Å². The molecule has 118 valence electrons. The molecule has 3 rings (SSSR count). The maximum atomic E-state index is 11.2. The van der Waals surface area contributed by atoms with E-state index in [1.165, 1.54) is 24.1 Å². The molecule has 5 N–H and O–H groups in total. The van der Waals surface area contributed by atoms with Gasteiger partial charge in [-0.05, 0) is 13.0 Å². The number of nitrogens with zero attached hydrogens (tertiary/aromatic N) is 4. The second-order valence-electron chi connectivity index (χ2n) is 4.97. The van der Waals surface area contributed by atoms with Gasteiger partial charge in [-0.1, -0.05) is 0 Å². The van der Waals surface area contributed by atoms with Gasteiger partial charge in [0.25, 0.3) is 0 Å². The summed E-state index contributed by atoms with van der Waals surface area (Å²) >= 11 is 0. The van der Waals surface area contributed by atoms with E-state index in [1.807, 2.05) is 0 Å². The molecule has 0 radical (unpaired) electrons. The van der Waals surface area contributed by atoms with Gasteiger partial charge in [-0.3, -0.25) is 9.13 Å². The average molecular weight is 327 g/mol. The molecule has 0 unspecified atom stereocenters. The summed E-state index contributed by atoms with van der Waals surface area (Å²) in [5.41, 5.74) is 4.27. The largest absolute Gasteiger partial charge is 0.478 e. The number of nitrogens with two attached hydrogens (primary N) is 1. The van der Waals surface area contributed by atoms with Gasteiger partial charge in [-0.25, -0.2) is 15.0 Å². The second-order valence-corrected chi connectivity index (χ2v) is 6.50. The van der Waals surface area contributed by atoms with Gasteiger partial charge >= 0.3 is 7.60 Å².